The Labute approximate surface area is 146 Å². The number of fused-ring (bicyclic) bond motifs is 2. The fourth-order valence-electron chi connectivity index (χ4n) is 3.66. The van der Waals surface area contributed by atoms with E-state index in [9.17, 15) is 4.79 Å². The van der Waals surface area contributed by atoms with Crippen LogP contribution in [0.3, 0.4) is 0 Å². The van der Waals surface area contributed by atoms with E-state index in [0.717, 1.165) is 50.1 Å². The maximum absolute atomic E-state index is 12.4. The van der Waals surface area contributed by atoms with Gasteiger partial charge in [-0.05, 0) is 64.2 Å². The number of carbonyl (C=O) groups is 1. The predicted molar refractivity (Wildman–Crippen MR) is 98.4 cm³/mol. The van der Waals surface area contributed by atoms with Crippen LogP contribution in [0.5, 0.6) is 11.5 Å². The lowest BCUT2D eigenvalue weighted by molar-refractivity contribution is 0.0965. The SMILES string of the molecule is COc1ccc(-c2c3c(c(C)c4ccc(OC)cc24)C(=O)NC3)cc1. The first kappa shape index (κ1) is 15.5. The van der Waals surface area contributed by atoms with Gasteiger partial charge in [-0.25, -0.2) is 0 Å². The first-order chi connectivity index (χ1) is 12.1. The molecule has 3 aromatic carbocycles. The van der Waals surface area contributed by atoms with Gasteiger partial charge in [0.25, 0.3) is 5.91 Å². The topological polar surface area (TPSA) is 47.6 Å². The molecule has 0 aromatic heterocycles. The minimum Gasteiger partial charge on any atom is -0.497 e. The highest BCUT2D eigenvalue weighted by atomic mass is 16.5. The third-order valence-corrected chi connectivity index (χ3v) is 4.91. The summed E-state index contributed by atoms with van der Waals surface area (Å²) in [5.74, 6) is 1.61. The second kappa shape index (κ2) is 5.81. The van der Waals surface area contributed by atoms with Crippen LogP contribution in [0.15, 0.2) is 42.5 Å². The van der Waals surface area contributed by atoms with E-state index in [-0.39, 0.29) is 5.91 Å². The van der Waals surface area contributed by atoms with Gasteiger partial charge in [-0.15, -0.1) is 0 Å². The van der Waals surface area contributed by atoms with Crippen LogP contribution < -0.4 is 14.8 Å². The van der Waals surface area contributed by atoms with E-state index in [0.29, 0.717) is 6.54 Å². The lowest BCUT2D eigenvalue weighted by atomic mass is 9.87. The third-order valence-electron chi connectivity index (χ3n) is 4.91. The number of aryl methyl sites for hydroxylation is 1. The van der Waals surface area contributed by atoms with Crippen molar-refractivity contribution < 1.29 is 14.3 Å². The van der Waals surface area contributed by atoms with Gasteiger partial charge in [-0.2, -0.15) is 0 Å². The number of amides is 1. The monoisotopic (exact) mass is 333 g/mol. The van der Waals surface area contributed by atoms with Crippen LogP contribution in [0, 0.1) is 6.92 Å². The summed E-state index contributed by atoms with van der Waals surface area (Å²) in [7, 11) is 3.32. The highest BCUT2D eigenvalue weighted by Gasteiger charge is 2.27. The molecule has 3 aromatic rings. The summed E-state index contributed by atoms with van der Waals surface area (Å²) in [6.45, 7) is 2.56. The molecule has 126 valence electrons. The number of hydrogen-bond donors (Lipinski definition) is 1. The summed E-state index contributed by atoms with van der Waals surface area (Å²) in [4.78, 5) is 12.4. The van der Waals surface area contributed by atoms with Crippen LogP contribution in [-0.4, -0.2) is 20.1 Å². The highest BCUT2D eigenvalue weighted by molar-refractivity contribution is 6.11. The molecule has 0 radical (unpaired) electrons. The third kappa shape index (κ3) is 2.33. The molecule has 1 N–H and O–H groups in total. The van der Waals surface area contributed by atoms with Gasteiger partial charge in [0.1, 0.15) is 11.5 Å². The van der Waals surface area contributed by atoms with Crippen LogP contribution in [0.25, 0.3) is 21.9 Å². The van der Waals surface area contributed by atoms with Gasteiger partial charge in [-0.3, -0.25) is 4.79 Å². The molecule has 4 rings (SSSR count). The minimum absolute atomic E-state index is 0.0000188. The van der Waals surface area contributed by atoms with Crippen LogP contribution in [0.1, 0.15) is 21.5 Å². The van der Waals surface area contributed by atoms with E-state index >= 15 is 0 Å². The molecule has 1 aliphatic heterocycles. The van der Waals surface area contributed by atoms with Gasteiger partial charge in [-0.1, -0.05) is 18.2 Å². The van der Waals surface area contributed by atoms with Crippen LogP contribution in [-0.2, 0) is 6.54 Å². The quantitative estimate of drug-likeness (QED) is 0.786. The Hall–Kier alpha value is -3.01. The van der Waals surface area contributed by atoms with Gasteiger partial charge < -0.3 is 14.8 Å². The molecular weight excluding hydrogens is 314 g/mol. The Morgan fingerprint density at radius 2 is 1.56 bits per heavy atom. The Morgan fingerprint density at radius 1 is 0.880 bits per heavy atom. The average molecular weight is 333 g/mol. The van der Waals surface area contributed by atoms with Crippen molar-refractivity contribution in [2.45, 2.75) is 13.5 Å². The molecule has 0 fully saturated rings. The molecule has 0 atom stereocenters. The Kier molecular flexibility index (Phi) is 3.61. The van der Waals surface area contributed by atoms with Crippen molar-refractivity contribution in [3.05, 3.63) is 59.2 Å². The Balaban J connectivity index is 2.09. The number of benzene rings is 3. The van der Waals surface area contributed by atoms with Crippen LogP contribution in [0.2, 0.25) is 0 Å². The van der Waals surface area contributed by atoms with Gasteiger partial charge in [0.15, 0.2) is 0 Å². The molecule has 0 unspecified atom stereocenters. The van der Waals surface area contributed by atoms with Crippen molar-refractivity contribution in [1.82, 2.24) is 5.32 Å². The number of methoxy groups -OCH3 is 2. The van der Waals surface area contributed by atoms with Gasteiger partial charge >= 0.3 is 0 Å². The van der Waals surface area contributed by atoms with E-state index in [1.54, 1.807) is 14.2 Å². The average Bonchev–Trinajstić information content (AvgIpc) is 3.03. The second-order valence-corrected chi connectivity index (χ2v) is 6.18. The molecule has 25 heavy (non-hydrogen) atoms. The smallest absolute Gasteiger partial charge is 0.252 e. The van der Waals surface area contributed by atoms with Crippen molar-refractivity contribution in [2.75, 3.05) is 14.2 Å². The predicted octanol–water partition coefficient (Wildman–Crippen LogP) is 4.08. The van der Waals surface area contributed by atoms with Gasteiger partial charge in [0.2, 0.25) is 0 Å². The van der Waals surface area contributed by atoms with Crippen molar-refractivity contribution >= 4 is 16.7 Å². The zero-order valence-electron chi connectivity index (χ0n) is 14.5. The summed E-state index contributed by atoms with van der Waals surface area (Å²) < 4.78 is 10.7. The summed E-state index contributed by atoms with van der Waals surface area (Å²) in [6.07, 6.45) is 0. The molecule has 0 saturated heterocycles. The summed E-state index contributed by atoms with van der Waals surface area (Å²) in [5, 5.41) is 5.13. The highest BCUT2D eigenvalue weighted by Crippen LogP contribution is 2.40. The molecule has 1 amide bonds. The van der Waals surface area contributed by atoms with Crippen molar-refractivity contribution in [1.29, 1.82) is 0 Å². The number of nitrogens with one attached hydrogen (secondary N) is 1. The fraction of sp³-hybridized carbons (Fsp3) is 0.190. The number of rotatable bonds is 3. The normalized spacial score (nSPS) is 12.8. The van der Waals surface area contributed by atoms with Crippen molar-refractivity contribution in [2.24, 2.45) is 0 Å². The van der Waals surface area contributed by atoms with Gasteiger partial charge in [0.05, 0.1) is 14.2 Å². The van der Waals surface area contributed by atoms with Crippen LogP contribution in [0.4, 0.5) is 0 Å². The first-order valence-electron chi connectivity index (χ1n) is 8.20. The van der Waals surface area contributed by atoms with E-state index in [1.165, 1.54) is 0 Å². The lowest BCUT2D eigenvalue weighted by Gasteiger charge is -2.16. The molecule has 1 heterocycles. The molecule has 0 spiro atoms. The standard InChI is InChI=1S/C21H19NO3/c1-12-16-9-8-15(25-3)10-17(16)20(18-11-22-21(23)19(12)18)13-4-6-14(24-2)7-5-13/h4-10H,11H2,1-3H3,(H,22,23). The maximum atomic E-state index is 12.4. The molecule has 4 heteroatoms. The zero-order chi connectivity index (χ0) is 17.6. The minimum atomic E-state index is -0.0000188. The van der Waals surface area contributed by atoms with E-state index in [2.05, 4.69) is 5.32 Å². The number of carbonyl (C=O) groups excluding carboxylic acids is 1. The first-order valence-corrected chi connectivity index (χ1v) is 8.20. The molecule has 4 nitrogen and oxygen atoms in total. The van der Waals surface area contributed by atoms with E-state index in [4.69, 9.17) is 9.47 Å². The number of ether oxygens (including phenoxy) is 2. The molecule has 0 bridgehead atoms. The summed E-state index contributed by atoms with van der Waals surface area (Å²) in [6, 6.07) is 14.0. The maximum Gasteiger partial charge on any atom is 0.252 e. The van der Waals surface area contributed by atoms with Crippen molar-refractivity contribution in [3.8, 4) is 22.6 Å². The summed E-state index contributed by atoms with van der Waals surface area (Å²) in [5.41, 5.74) is 5.00. The van der Waals surface area contributed by atoms with E-state index < -0.39 is 0 Å². The Bertz CT molecular complexity index is 990. The van der Waals surface area contributed by atoms with Gasteiger partial charge in [0, 0.05) is 12.1 Å². The zero-order valence-corrected chi connectivity index (χ0v) is 14.5. The van der Waals surface area contributed by atoms with E-state index in [1.807, 2.05) is 49.4 Å². The largest absolute Gasteiger partial charge is 0.497 e. The molecule has 0 aliphatic carbocycles. The molecule has 0 saturated carbocycles. The molecule has 1 aliphatic rings. The number of hydrogen-bond acceptors (Lipinski definition) is 3. The second-order valence-electron chi connectivity index (χ2n) is 6.18. The van der Waals surface area contributed by atoms with Crippen molar-refractivity contribution in [3.63, 3.8) is 0 Å². The Morgan fingerprint density at radius 3 is 2.24 bits per heavy atom. The molecular formula is C21H19NO3. The fourth-order valence-corrected chi connectivity index (χ4v) is 3.66. The lowest BCUT2D eigenvalue weighted by Crippen LogP contribution is -2.13. The van der Waals surface area contributed by atoms with Crippen LogP contribution >= 0.6 is 0 Å². The summed E-state index contributed by atoms with van der Waals surface area (Å²) >= 11 is 0.